The first-order chi connectivity index (χ1) is 11.6. The summed E-state index contributed by atoms with van der Waals surface area (Å²) in [4.78, 5) is 26.6. The van der Waals surface area contributed by atoms with Crippen LogP contribution in [0.5, 0.6) is 0 Å². The van der Waals surface area contributed by atoms with Gasteiger partial charge in [0, 0.05) is 24.3 Å². The Hall–Kier alpha value is -2.62. The van der Waals surface area contributed by atoms with E-state index >= 15 is 0 Å². The van der Waals surface area contributed by atoms with Gasteiger partial charge < -0.3 is 10.2 Å². The fourth-order valence-corrected chi connectivity index (χ4v) is 3.09. The number of carbonyl (C=O) groups excluding carboxylic acids is 2. The number of benzene rings is 2. The molecule has 1 unspecified atom stereocenters. The molecule has 1 aliphatic rings. The van der Waals surface area contributed by atoms with Crippen molar-refractivity contribution >= 4 is 23.2 Å². The molecule has 1 heterocycles. The smallest absolute Gasteiger partial charge is 0.229 e. The maximum Gasteiger partial charge on any atom is 0.229 e. The average molecular weight is 322 g/mol. The topological polar surface area (TPSA) is 49.4 Å². The number of carbonyl (C=O) groups is 2. The summed E-state index contributed by atoms with van der Waals surface area (Å²) in [7, 11) is 0. The minimum Gasteiger partial charge on any atom is -0.326 e. The standard InChI is InChI=1S/C20H22N2O2/c1-14(2)17-10-6-7-11-18(17)21-20(24)15-12-19(23)22(13-15)16-8-4-3-5-9-16/h3-11,14-15H,12-13H2,1-2H3,(H,21,24). The number of amides is 2. The van der Waals surface area contributed by atoms with Crippen LogP contribution in [-0.2, 0) is 9.59 Å². The Morgan fingerprint density at radius 2 is 1.75 bits per heavy atom. The summed E-state index contributed by atoms with van der Waals surface area (Å²) in [5.41, 5.74) is 2.79. The summed E-state index contributed by atoms with van der Waals surface area (Å²) >= 11 is 0. The molecule has 1 N–H and O–H groups in total. The van der Waals surface area contributed by atoms with Gasteiger partial charge in [-0.2, -0.15) is 0 Å². The molecule has 0 spiro atoms. The molecule has 1 saturated heterocycles. The highest BCUT2D eigenvalue weighted by Crippen LogP contribution is 2.28. The first kappa shape index (κ1) is 16.2. The molecule has 4 nitrogen and oxygen atoms in total. The van der Waals surface area contributed by atoms with Crippen LogP contribution in [0.4, 0.5) is 11.4 Å². The van der Waals surface area contributed by atoms with Crippen LogP contribution >= 0.6 is 0 Å². The zero-order chi connectivity index (χ0) is 17.1. The van der Waals surface area contributed by atoms with Gasteiger partial charge in [-0.25, -0.2) is 0 Å². The van der Waals surface area contributed by atoms with Crippen LogP contribution < -0.4 is 10.2 Å². The second kappa shape index (κ2) is 6.87. The van der Waals surface area contributed by atoms with Crippen molar-refractivity contribution in [2.45, 2.75) is 26.2 Å². The Morgan fingerprint density at radius 1 is 1.08 bits per heavy atom. The monoisotopic (exact) mass is 322 g/mol. The van der Waals surface area contributed by atoms with E-state index in [4.69, 9.17) is 0 Å². The van der Waals surface area contributed by atoms with Gasteiger partial charge in [0.25, 0.3) is 0 Å². The third-order valence-electron chi connectivity index (χ3n) is 4.40. The van der Waals surface area contributed by atoms with Crippen molar-refractivity contribution in [1.82, 2.24) is 0 Å². The molecule has 0 bridgehead atoms. The second-order valence-corrected chi connectivity index (χ2v) is 6.47. The van der Waals surface area contributed by atoms with Gasteiger partial charge in [0.15, 0.2) is 0 Å². The minimum atomic E-state index is -0.321. The van der Waals surface area contributed by atoms with Crippen LogP contribution in [0.15, 0.2) is 54.6 Å². The van der Waals surface area contributed by atoms with Gasteiger partial charge in [0.05, 0.1) is 5.92 Å². The molecule has 2 amide bonds. The lowest BCUT2D eigenvalue weighted by molar-refractivity contribution is -0.122. The molecule has 1 fully saturated rings. The summed E-state index contributed by atoms with van der Waals surface area (Å²) in [6, 6.07) is 17.3. The Balaban J connectivity index is 1.72. The quantitative estimate of drug-likeness (QED) is 0.931. The van der Waals surface area contributed by atoms with Gasteiger partial charge in [-0.15, -0.1) is 0 Å². The van der Waals surface area contributed by atoms with Gasteiger partial charge in [-0.3, -0.25) is 9.59 Å². The summed E-state index contributed by atoms with van der Waals surface area (Å²) < 4.78 is 0. The SMILES string of the molecule is CC(C)c1ccccc1NC(=O)C1CC(=O)N(c2ccccc2)C1. The summed E-state index contributed by atoms with van der Waals surface area (Å²) in [6.07, 6.45) is 0.255. The molecule has 124 valence electrons. The molecule has 0 radical (unpaired) electrons. The van der Waals surface area contributed by atoms with E-state index in [2.05, 4.69) is 19.2 Å². The van der Waals surface area contributed by atoms with Crippen LogP contribution in [0, 0.1) is 5.92 Å². The van der Waals surface area contributed by atoms with Gasteiger partial charge in [-0.1, -0.05) is 50.2 Å². The normalized spacial score (nSPS) is 17.4. The molecule has 4 heteroatoms. The molecule has 1 aliphatic heterocycles. The molecular weight excluding hydrogens is 300 g/mol. The van der Waals surface area contributed by atoms with Crippen molar-refractivity contribution in [3.63, 3.8) is 0 Å². The predicted octanol–water partition coefficient (Wildman–Crippen LogP) is 3.80. The first-order valence-electron chi connectivity index (χ1n) is 8.31. The highest BCUT2D eigenvalue weighted by molar-refractivity contribution is 6.03. The lowest BCUT2D eigenvalue weighted by Crippen LogP contribution is -2.28. The molecule has 2 aromatic carbocycles. The van der Waals surface area contributed by atoms with Gasteiger partial charge >= 0.3 is 0 Å². The lowest BCUT2D eigenvalue weighted by atomic mass is 10.0. The average Bonchev–Trinajstić information content (AvgIpc) is 2.98. The molecule has 24 heavy (non-hydrogen) atoms. The van der Waals surface area contributed by atoms with Crippen LogP contribution in [0.1, 0.15) is 31.7 Å². The van der Waals surface area contributed by atoms with Crippen molar-refractivity contribution in [3.05, 3.63) is 60.2 Å². The maximum absolute atomic E-state index is 12.6. The summed E-state index contributed by atoms with van der Waals surface area (Å²) in [5, 5.41) is 3.01. The van der Waals surface area contributed by atoms with Crippen LogP contribution in [0.2, 0.25) is 0 Å². The predicted molar refractivity (Wildman–Crippen MR) is 96.1 cm³/mol. The zero-order valence-corrected chi connectivity index (χ0v) is 14.0. The van der Waals surface area contributed by atoms with Gasteiger partial charge in [0.2, 0.25) is 11.8 Å². The first-order valence-corrected chi connectivity index (χ1v) is 8.31. The maximum atomic E-state index is 12.6. The molecule has 1 atom stereocenters. The van der Waals surface area contributed by atoms with Crippen molar-refractivity contribution in [1.29, 1.82) is 0 Å². The molecule has 0 aromatic heterocycles. The number of hydrogen-bond donors (Lipinski definition) is 1. The van der Waals surface area contributed by atoms with Crippen LogP contribution in [0.25, 0.3) is 0 Å². The second-order valence-electron chi connectivity index (χ2n) is 6.47. The molecule has 0 saturated carbocycles. The van der Waals surface area contributed by atoms with Crippen LogP contribution in [-0.4, -0.2) is 18.4 Å². The molecule has 0 aliphatic carbocycles. The third-order valence-corrected chi connectivity index (χ3v) is 4.40. The van der Waals surface area contributed by atoms with E-state index in [0.717, 1.165) is 16.9 Å². The van der Waals surface area contributed by atoms with Gasteiger partial charge in [-0.05, 0) is 29.7 Å². The number of anilines is 2. The van der Waals surface area contributed by atoms with E-state index in [-0.39, 0.29) is 24.2 Å². The number of nitrogens with one attached hydrogen (secondary N) is 1. The molecule has 2 aromatic rings. The highest BCUT2D eigenvalue weighted by atomic mass is 16.2. The Bertz CT molecular complexity index is 740. The van der Waals surface area contributed by atoms with E-state index in [1.807, 2.05) is 54.6 Å². The van der Waals surface area contributed by atoms with E-state index in [1.165, 1.54) is 0 Å². The van der Waals surface area contributed by atoms with E-state index in [1.54, 1.807) is 4.90 Å². The van der Waals surface area contributed by atoms with E-state index in [9.17, 15) is 9.59 Å². The molecular formula is C20H22N2O2. The Kier molecular flexibility index (Phi) is 4.65. The van der Waals surface area contributed by atoms with Crippen molar-refractivity contribution in [3.8, 4) is 0 Å². The zero-order valence-electron chi connectivity index (χ0n) is 14.0. The fourth-order valence-electron chi connectivity index (χ4n) is 3.09. The van der Waals surface area contributed by atoms with Crippen molar-refractivity contribution in [2.75, 3.05) is 16.8 Å². The summed E-state index contributed by atoms with van der Waals surface area (Å²) in [6.45, 7) is 4.63. The number of hydrogen-bond acceptors (Lipinski definition) is 2. The number of rotatable bonds is 4. The third kappa shape index (κ3) is 3.32. The largest absolute Gasteiger partial charge is 0.326 e. The Morgan fingerprint density at radius 3 is 2.46 bits per heavy atom. The molecule has 3 rings (SSSR count). The van der Waals surface area contributed by atoms with E-state index < -0.39 is 0 Å². The Labute approximate surface area is 142 Å². The lowest BCUT2D eigenvalue weighted by Gasteiger charge is -2.18. The highest BCUT2D eigenvalue weighted by Gasteiger charge is 2.35. The minimum absolute atomic E-state index is 0.00139. The van der Waals surface area contributed by atoms with Crippen LogP contribution in [0.3, 0.4) is 0 Å². The van der Waals surface area contributed by atoms with Crippen molar-refractivity contribution < 1.29 is 9.59 Å². The van der Waals surface area contributed by atoms with E-state index in [0.29, 0.717) is 12.5 Å². The van der Waals surface area contributed by atoms with Gasteiger partial charge in [0.1, 0.15) is 0 Å². The summed E-state index contributed by atoms with van der Waals surface area (Å²) in [5.74, 6) is -0.0844. The van der Waals surface area contributed by atoms with Crippen molar-refractivity contribution in [2.24, 2.45) is 5.92 Å². The number of nitrogens with zero attached hydrogens (tertiary/aromatic N) is 1. The number of para-hydroxylation sites is 2. The fraction of sp³-hybridized carbons (Fsp3) is 0.300.